The number of hydrogen-bond acceptors (Lipinski definition) is 8. The number of halogens is 2. The van der Waals surface area contributed by atoms with Crippen molar-refractivity contribution in [1.29, 1.82) is 10.5 Å². The van der Waals surface area contributed by atoms with E-state index in [0.717, 1.165) is 28.5 Å². The van der Waals surface area contributed by atoms with E-state index in [9.17, 15) is 0 Å². The van der Waals surface area contributed by atoms with Gasteiger partial charge in [0.1, 0.15) is 28.7 Å². The lowest BCUT2D eigenvalue weighted by Crippen LogP contribution is -3.00. The third-order valence-electron chi connectivity index (χ3n) is 6.62. The molecule has 53 heavy (non-hydrogen) atoms. The molecule has 0 spiro atoms. The fourth-order valence-corrected chi connectivity index (χ4v) is 4.03. The van der Waals surface area contributed by atoms with E-state index in [-0.39, 0.29) is 39.7 Å². The molecule has 4 aromatic heterocycles. The Morgan fingerprint density at radius 2 is 1.00 bits per heavy atom. The molecule has 0 aliphatic heterocycles. The summed E-state index contributed by atoms with van der Waals surface area (Å²) in [5.41, 5.74) is 8.94. The summed E-state index contributed by atoms with van der Waals surface area (Å²) in [5.74, 6) is 3.22. The Morgan fingerprint density at radius 1 is 0.585 bits per heavy atom. The van der Waals surface area contributed by atoms with E-state index in [2.05, 4.69) is 25.6 Å². The van der Waals surface area contributed by atoms with E-state index in [4.69, 9.17) is 30.8 Å². The highest BCUT2D eigenvalue weighted by atomic mass is 79.9. The van der Waals surface area contributed by atoms with Crippen LogP contribution in [-0.4, -0.2) is 15.1 Å². The number of aromatic hydroxyl groups is 1. The molecule has 7 aromatic rings. The molecule has 4 N–H and O–H groups in total. The number of nitriles is 2. The topological polar surface area (TPSA) is 156 Å². The minimum atomic E-state index is 0. The molecular weight excluding hydrogens is 798 g/mol. The van der Waals surface area contributed by atoms with Crippen molar-refractivity contribution in [3.63, 3.8) is 0 Å². The van der Waals surface area contributed by atoms with Crippen molar-refractivity contribution in [2.75, 3.05) is 0 Å². The predicted octanol–water partition coefficient (Wildman–Crippen LogP) is 1.13. The normalized spacial score (nSPS) is 9.04. The Balaban J connectivity index is 0.000000245. The van der Waals surface area contributed by atoms with Crippen molar-refractivity contribution in [3.8, 4) is 46.6 Å². The van der Waals surface area contributed by atoms with Gasteiger partial charge < -0.3 is 54.3 Å². The van der Waals surface area contributed by atoms with Gasteiger partial charge in [0, 0.05) is 43.5 Å². The maximum Gasteiger partial charge on any atom is 0.222 e. The number of aromatic amines is 1. The largest absolute Gasteiger partial charge is 1.00 e. The molecule has 7 rings (SSSR count). The van der Waals surface area contributed by atoms with Crippen LogP contribution in [0.3, 0.4) is 0 Å². The number of ether oxygens (including phenoxy) is 2. The van der Waals surface area contributed by atoms with Crippen LogP contribution in [0.25, 0.3) is 5.69 Å². The molecule has 0 aliphatic rings. The van der Waals surface area contributed by atoms with Crippen molar-refractivity contribution in [1.82, 2.24) is 9.97 Å². The summed E-state index contributed by atoms with van der Waals surface area (Å²) in [4.78, 5) is 10.8. The average Bonchev–Trinajstić information content (AvgIpc) is 3.21. The molecule has 10 nitrogen and oxygen atoms in total. The second-order valence-corrected chi connectivity index (χ2v) is 10.3. The first-order chi connectivity index (χ1) is 25.1. The molecule has 0 aliphatic carbocycles. The van der Waals surface area contributed by atoms with Gasteiger partial charge in [-0.3, -0.25) is 9.97 Å². The fraction of sp³-hybridized carbons (Fsp3) is 0.0244. The first kappa shape index (κ1) is 42.7. The van der Waals surface area contributed by atoms with Crippen LogP contribution in [0.2, 0.25) is 0 Å². The average molecular weight is 834 g/mol. The third-order valence-corrected chi connectivity index (χ3v) is 6.62. The SMILES string of the molecule is N#Cc1ccc(O)cc1.N#Cc1ccc(Oc2ccncc2)cc1.NCc1ccc(Oc2ccncc2)cc1.[Br-].[Br-].c1cc[n+](-c2cc[nH+]cc2)cc1. The summed E-state index contributed by atoms with van der Waals surface area (Å²) >= 11 is 0. The Morgan fingerprint density at radius 3 is 1.43 bits per heavy atom. The fourth-order valence-electron chi connectivity index (χ4n) is 4.03. The number of nitrogens with two attached hydrogens (primary N) is 1. The van der Waals surface area contributed by atoms with Crippen molar-refractivity contribution < 1.29 is 58.1 Å². The molecule has 266 valence electrons. The number of phenolic OH excluding ortho intramolecular Hbond substituents is 1. The third kappa shape index (κ3) is 16.0. The highest BCUT2D eigenvalue weighted by Gasteiger charge is 2.03. The van der Waals surface area contributed by atoms with Crippen LogP contribution in [0.1, 0.15) is 16.7 Å². The Bertz CT molecular complexity index is 2050. The molecule has 12 heteroatoms. The van der Waals surface area contributed by atoms with E-state index in [1.54, 1.807) is 73.3 Å². The van der Waals surface area contributed by atoms with Crippen LogP contribution < -0.4 is 58.7 Å². The minimum absolute atomic E-state index is 0. The van der Waals surface area contributed by atoms with Gasteiger partial charge in [0.25, 0.3) is 0 Å². The van der Waals surface area contributed by atoms with Gasteiger partial charge in [-0.05, 0) is 90.5 Å². The summed E-state index contributed by atoms with van der Waals surface area (Å²) in [5, 5.41) is 25.7. The van der Waals surface area contributed by atoms with Gasteiger partial charge in [-0.1, -0.05) is 18.2 Å². The summed E-state index contributed by atoms with van der Waals surface area (Å²) in [7, 11) is 0. The van der Waals surface area contributed by atoms with Crippen LogP contribution in [0.4, 0.5) is 0 Å². The van der Waals surface area contributed by atoms with E-state index < -0.39 is 0 Å². The second kappa shape index (κ2) is 24.7. The van der Waals surface area contributed by atoms with Gasteiger partial charge in [0.05, 0.1) is 35.4 Å². The number of phenols is 1. The first-order valence-electron chi connectivity index (χ1n) is 15.6. The van der Waals surface area contributed by atoms with Crippen molar-refractivity contribution in [2.45, 2.75) is 6.54 Å². The van der Waals surface area contributed by atoms with Crippen molar-refractivity contribution >= 4 is 0 Å². The number of nitrogens with zero attached hydrogens (tertiary/aromatic N) is 5. The Kier molecular flexibility index (Phi) is 19.9. The van der Waals surface area contributed by atoms with E-state index in [1.807, 2.05) is 97.6 Å². The van der Waals surface area contributed by atoms with Crippen LogP contribution in [-0.2, 0) is 6.54 Å². The number of nitrogens with one attached hydrogen (secondary N) is 1. The van der Waals surface area contributed by atoms with Gasteiger partial charge in [-0.25, -0.2) is 4.98 Å². The smallest absolute Gasteiger partial charge is 0.222 e. The van der Waals surface area contributed by atoms with Gasteiger partial charge in [-0.15, -0.1) is 0 Å². The lowest BCUT2D eigenvalue weighted by Gasteiger charge is -2.05. The molecule has 0 saturated carbocycles. The number of aromatic nitrogens is 4. The summed E-state index contributed by atoms with van der Waals surface area (Å²) in [6, 6.07) is 42.0. The maximum atomic E-state index is 8.74. The minimum Gasteiger partial charge on any atom is -1.00 e. The van der Waals surface area contributed by atoms with Gasteiger partial charge in [0.2, 0.25) is 5.69 Å². The van der Waals surface area contributed by atoms with E-state index in [1.165, 1.54) is 12.1 Å². The molecule has 0 saturated heterocycles. The number of pyridine rings is 4. The zero-order chi connectivity index (χ0) is 35.9. The summed E-state index contributed by atoms with van der Waals surface area (Å²) < 4.78 is 13.2. The molecule has 0 unspecified atom stereocenters. The van der Waals surface area contributed by atoms with E-state index in [0.29, 0.717) is 23.4 Å². The van der Waals surface area contributed by atoms with Crippen LogP contribution in [0, 0.1) is 22.7 Å². The second-order valence-electron chi connectivity index (χ2n) is 10.3. The van der Waals surface area contributed by atoms with Crippen LogP contribution >= 0.6 is 0 Å². The monoisotopic (exact) mass is 831 g/mol. The molecule has 0 amide bonds. The molecule has 0 atom stereocenters. The number of benzene rings is 3. The summed E-state index contributed by atoms with van der Waals surface area (Å²) in [6.07, 6.45) is 14.6. The Labute approximate surface area is 329 Å². The standard InChI is InChI=1S/C12H12N2O.C12H8N2O.C10H9N2.C7H5NO.2BrH/c2*13-9-10-1-3-11(4-2-10)15-12-5-7-14-8-6-12;1-2-8-12(9-3-1)10-4-6-11-7-5-10;8-5-6-1-3-7(9)4-2-6;;/h1-8H,9,13H2;1-8H;1-9H;1-4,9H;2*1H/q;;+1;;;/p-1. The van der Waals surface area contributed by atoms with E-state index >= 15 is 0 Å². The Hall–Kier alpha value is -6.44. The number of hydrogen-bond donors (Lipinski definition) is 2. The number of H-pyrrole nitrogens is 1. The quantitative estimate of drug-likeness (QED) is 0.237. The summed E-state index contributed by atoms with van der Waals surface area (Å²) in [6.45, 7) is 0.551. The maximum absolute atomic E-state index is 8.74. The lowest BCUT2D eigenvalue weighted by atomic mass is 10.2. The molecular formula is C41H35Br2N7O3. The van der Waals surface area contributed by atoms with Crippen molar-refractivity contribution in [2.24, 2.45) is 5.73 Å². The van der Waals surface area contributed by atoms with Crippen molar-refractivity contribution in [3.05, 3.63) is 194 Å². The van der Waals surface area contributed by atoms with Crippen LogP contribution in [0.5, 0.6) is 28.7 Å². The highest BCUT2D eigenvalue weighted by Crippen LogP contribution is 2.21. The van der Waals surface area contributed by atoms with Gasteiger partial charge in [0.15, 0.2) is 24.8 Å². The molecule has 4 heterocycles. The van der Waals surface area contributed by atoms with Gasteiger partial charge in [-0.2, -0.15) is 15.1 Å². The molecule has 0 fully saturated rings. The highest BCUT2D eigenvalue weighted by molar-refractivity contribution is 5.37. The number of rotatable bonds is 6. The van der Waals surface area contributed by atoms with Crippen LogP contribution in [0.15, 0.2) is 177 Å². The predicted molar refractivity (Wildman–Crippen MR) is 191 cm³/mol. The lowest BCUT2D eigenvalue weighted by molar-refractivity contribution is -0.596. The molecule has 0 bridgehead atoms. The molecule has 3 aromatic carbocycles. The zero-order valence-electron chi connectivity index (χ0n) is 28.3. The molecule has 0 radical (unpaired) electrons. The first-order valence-corrected chi connectivity index (χ1v) is 15.6. The zero-order valence-corrected chi connectivity index (χ0v) is 31.5. The van der Waals surface area contributed by atoms with Gasteiger partial charge >= 0.3 is 0 Å².